The second-order valence-electron chi connectivity index (χ2n) is 7.26. The third kappa shape index (κ3) is 5.19. The van der Waals surface area contributed by atoms with Crippen molar-refractivity contribution in [3.63, 3.8) is 0 Å². The molecule has 0 radical (unpaired) electrons. The summed E-state index contributed by atoms with van der Waals surface area (Å²) in [5.41, 5.74) is 2.71. The van der Waals surface area contributed by atoms with E-state index >= 15 is 0 Å². The first-order valence-corrected chi connectivity index (χ1v) is 10.9. The van der Waals surface area contributed by atoms with Crippen molar-refractivity contribution in [2.75, 3.05) is 39.2 Å². The standard InChI is InChI=1S/C23H26ClN3O2S/c1-16-10-12-19(29-4)21-22(16)30-23(25-21)27(15-7-14-26(2)3)20(28)13-11-17-8-5-6-9-18(17)24/h5-6,8-13H,7,14-15H2,1-4H3/b13-11+. The summed E-state index contributed by atoms with van der Waals surface area (Å²) in [5.74, 6) is 0.592. The van der Waals surface area contributed by atoms with Crippen LogP contribution < -0.4 is 9.64 Å². The lowest BCUT2D eigenvalue weighted by Crippen LogP contribution is -2.32. The minimum Gasteiger partial charge on any atom is -0.494 e. The molecule has 3 aromatic rings. The van der Waals surface area contributed by atoms with Crippen LogP contribution in [0, 0.1) is 6.92 Å². The molecule has 1 aromatic heterocycles. The lowest BCUT2D eigenvalue weighted by Gasteiger charge is -2.19. The molecular formula is C23H26ClN3O2S. The molecule has 0 atom stereocenters. The molecular weight excluding hydrogens is 418 g/mol. The quantitative estimate of drug-likeness (QED) is 0.445. The van der Waals surface area contributed by atoms with Gasteiger partial charge in [0.2, 0.25) is 0 Å². The average molecular weight is 444 g/mol. The molecule has 0 saturated carbocycles. The Balaban J connectivity index is 1.94. The SMILES string of the molecule is COc1ccc(C)c2sc(N(CCCN(C)C)C(=O)/C=C/c3ccccc3Cl)nc12. The van der Waals surface area contributed by atoms with Gasteiger partial charge in [0.15, 0.2) is 5.13 Å². The van der Waals surface area contributed by atoms with Crippen molar-refractivity contribution >= 4 is 50.3 Å². The molecule has 0 fully saturated rings. The van der Waals surface area contributed by atoms with Crippen molar-refractivity contribution in [1.82, 2.24) is 9.88 Å². The highest BCUT2D eigenvalue weighted by molar-refractivity contribution is 7.22. The number of rotatable bonds is 8. The van der Waals surface area contributed by atoms with Crippen LogP contribution >= 0.6 is 22.9 Å². The number of halogens is 1. The van der Waals surface area contributed by atoms with Crippen LogP contribution in [0.5, 0.6) is 5.75 Å². The van der Waals surface area contributed by atoms with Crippen molar-refractivity contribution in [3.8, 4) is 5.75 Å². The van der Waals surface area contributed by atoms with E-state index in [9.17, 15) is 4.79 Å². The molecule has 3 rings (SSSR count). The van der Waals surface area contributed by atoms with Gasteiger partial charge in [-0.25, -0.2) is 4.98 Å². The van der Waals surface area contributed by atoms with Gasteiger partial charge in [0.05, 0.1) is 11.8 Å². The number of hydrogen-bond donors (Lipinski definition) is 0. The number of thiazole rings is 1. The summed E-state index contributed by atoms with van der Waals surface area (Å²) in [6.45, 7) is 3.50. The van der Waals surface area contributed by atoms with Crippen LogP contribution in [-0.2, 0) is 4.79 Å². The minimum absolute atomic E-state index is 0.121. The highest BCUT2D eigenvalue weighted by atomic mass is 35.5. The van der Waals surface area contributed by atoms with E-state index in [1.807, 2.05) is 57.4 Å². The highest BCUT2D eigenvalue weighted by Crippen LogP contribution is 2.36. The summed E-state index contributed by atoms with van der Waals surface area (Å²) < 4.78 is 6.50. The van der Waals surface area contributed by atoms with Crippen molar-refractivity contribution in [2.45, 2.75) is 13.3 Å². The smallest absolute Gasteiger partial charge is 0.252 e. The first-order chi connectivity index (χ1) is 14.4. The van der Waals surface area contributed by atoms with Gasteiger partial charge >= 0.3 is 0 Å². The molecule has 0 aliphatic carbocycles. The van der Waals surface area contributed by atoms with Crippen molar-refractivity contribution in [3.05, 3.63) is 58.6 Å². The van der Waals surface area contributed by atoms with Crippen molar-refractivity contribution in [1.29, 1.82) is 0 Å². The highest BCUT2D eigenvalue weighted by Gasteiger charge is 2.20. The van der Waals surface area contributed by atoms with E-state index < -0.39 is 0 Å². The largest absolute Gasteiger partial charge is 0.494 e. The summed E-state index contributed by atoms with van der Waals surface area (Å²) in [6.07, 6.45) is 4.15. The number of carbonyl (C=O) groups excluding carboxylic acids is 1. The van der Waals surface area contributed by atoms with E-state index in [1.54, 1.807) is 24.2 Å². The molecule has 0 spiro atoms. The molecule has 0 bridgehead atoms. The van der Waals surface area contributed by atoms with Crippen LogP contribution in [0.2, 0.25) is 5.02 Å². The van der Waals surface area contributed by atoms with Gasteiger partial charge in [0.1, 0.15) is 11.3 Å². The second kappa shape index (κ2) is 10.1. The third-order valence-corrected chi connectivity index (χ3v) is 6.26. The molecule has 2 aromatic carbocycles. The number of benzene rings is 2. The summed E-state index contributed by atoms with van der Waals surface area (Å²) in [7, 11) is 5.68. The van der Waals surface area contributed by atoms with Crippen molar-refractivity contribution in [2.24, 2.45) is 0 Å². The Bertz CT molecular complexity index is 1060. The number of aryl methyl sites for hydroxylation is 1. The first-order valence-electron chi connectivity index (χ1n) is 9.73. The van der Waals surface area contributed by atoms with Gasteiger partial charge in [0.25, 0.3) is 5.91 Å². The lowest BCUT2D eigenvalue weighted by atomic mass is 10.2. The zero-order valence-electron chi connectivity index (χ0n) is 17.7. The first kappa shape index (κ1) is 22.3. The molecule has 1 heterocycles. The van der Waals surface area contributed by atoms with Gasteiger partial charge in [-0.3, -0.25) is 9.69 Å². The number of methoxy groups -OCH3 is 1. The van der Waals surface area contributed by atoms with Gasteiger partial charge in [0, 0.05) is 17.6 Å². The molecule has 7 heteroatoms. The maximum absolute atomic E-state index is 13.1. The number of anilines is 1. The van der Waals surface area contributed by atoms with Gasteiger partial charge in [-0.2, -0.15) is 0 Å². The third-order valence-electron chi connectivity index (χ3n) is 4.71. The van der Waals surface area contributed by atoms with Crippen LogP contribution in [0.15, 0.2) is 42.5 Å². The number of amides is 1. The molecule has 1 amide bonds. The van der Waals surface area contributed by atoms with E-state index in [4.69, 9.17) is 21.3 Å². The molecule has 0 N–H and O–H groups in total. The number of ether oxygens (including phenoxy) is 1. The van der Waals surface area contributed by atoms with E-state index in [1.165, 1.54) is 11.3 Å². The van der Waals surface area contributed by atoms with Gasteiger partial charge in [-0.05, 0) is 63.3 Å². The van der Waals surface area contributed by atoms with Gasteiger partial charge in [-0.1, -0.05) is 47.2 Å². The van der Waals surface area contributed by atoms with Gasteiger partial charge < -0.3 is 9.64 Å². The average Bonchev–Trinajstić information content (AvgIpc) is 3.16. The number of carbonyl (C=O) groups is 1. The zero-order chi connectivity index (χ0) is 21.7. The summed E-state index contributed by atoms with van der Waals surface area (Å²) in [4.78, 5) is 21.7. The number of hydrogen-bond acceptors (Lipinski definition) is 5. The monoisotopic (exact) mass is 443 g/mol. The Labute approximate surface area is 186 Å². The van der Waals surface area contributed by atoms with Crippen LogP contribution in [-0.4, -0.2) is 50.1 Å². The number of nitrogens with zero attached hydrogens (tertiary/aromatic N) is 3. The van der Waals surface area contributed by atoms with E-state index in [-0.39, 0.29) is 5.91 Å². The van der Waals surface area contributed by atoms with Crippen LogP contribution in [0.25, 0.3) is 16.3 Å². The van der Waals surface area contributed by atoms with E-state index in [0.29, 0.717) is 22.4 Å². The fourth-order valence-corrected chi connectivity index (χ4v) is 4.37. The van der Waals surface area contributed by atoms with Gasteiger partial charge in [-0.15, -0.1) is 0 Å². The number of aromatic nitrogens is 1. The molecule has 0 unspecified atom stereocenters. The Morgan fingerprint density at radius 2 is 1.97 bits per heavy atom. The van der Waals surface area contributed by atoms with Crippen LogP contribution in [0.3, 0.4) is 0 Å². The van der Waals surface area contributed by atoms with E-state index in [2.05, 4.69) is 4.90 Å². The van der Waals surface area contributed by atoms with Crippen LogP contribution in [0.1, 0.15) is 17.5 Å². The topological polar surface area (TPSA) is 45.7 Å². The maximum atomic E-state index is 13.1. The summed E-state index contributed by atoms with van der Waals surface area (Å²) in [6, 6.07) is 11.4. The number of fused-ring (bicyclic) bond motifs is 1. The molecule has 0 aliphatic heterocycles. The van der Waals surface area contributed by atoms with Crippen LogP contribution in [0.4, 0.5) is 5.13 Å². The normalized spacial score (nSPS) is 11.5. The summed E-state index contributed by atoms with van der Waals surface area (Å²) in [5, 5.41) is 1.28. The predicted octanol–water partition coefficient (Wildman–Crippen LogP) is 5.26. The molecule has 30 heavy (non-hydrogen) atoms. The molecule has 0 aliphatic rings. The molecule has 5 nitrogen and oxygen atoms in total. The Morgan fingerprint density at radius 3 is 2.67 bits per heavy atom. The minimum atomic E-state index is -0.121. The zero-order valence-corrected chi connectivity index (χ0v) is 19.3. The predicted molar refractivity (Wildman–Crippen MR) is 127 cm³/mol. The maximum Gasteiger partial charge on any atom is 0.252 e. The fraction of sp³-hybridized carbons (Fsp3) is 0.304. The Hall–Kier alpha value is -2.41. The Morgan fingerprint density at radius 1 is 1.20 bits per heavy atom. The fourth-order valence-electron chi connectivity index (χ4n) is 3.09. The molecule has 158 valence electrons. The van der Waals surface area contributed by atoms with Crippen molar-refractivity contribution < 1.29 is 9.53 Å². The lowest BCUT2D eigenvalue weighted by molar-refractivity contribution is -0.114. The molecule has 0 saturated heterocycles. The van der Waals surface area contributed by atoms with E-state index in [0.717, 1.165) is 34.3 Å². The Kier molecular flexibility index (Phi) is 7.48. The summed E-state index contributed by atoms with van der Waals surface area (Å²) >= 11 is 7.74. The second-order valence-corrected chi connectivity index (χ2v) is 8.65.